The van der Waals surface area contributed by atoms with Crippen LogP contribution in [0.2, 0.25) is 0 Å². The van der Waals surface area contributed by atoms with Gasteiger partial charge in [0.2, 0.25) is 5.82 Å². The first-order valence-corrected chi connectivity index (χ1v) is 17.6. The van der Waals surface area contributed by atoms with Crippen molar-refractivity contribution in [2.75, 3.05) is 6.61 Å². The molecule has 0 saturated heterocycles. The summed E-state index contributed by atoms with van der Waals surface area (Å²) in [6.07, 6.45) is 21.3. The first-order valence-electron chi connectivity index (χ1n) is 17.6. The van der Waals surface area contributed by atoms with E-state index in [9.17, 15) is 4.39 Å². The maximum atomic E-state index is 15.4. The second kappa shape index (κ2) is 16.5. The molecule has 1 nitrogen and oxygen atoms in total. The van der Waals surface area contributed by atoms with E-state index in [1.165, 1.54) is 63.9 Å². The van der Waals surface area contributed by atoms with E-state index in [0.717, 1.165) is 61.0 Å². The number of allylic oxidation sites excluding steroid dienone is 2. The van der Waals surface area contributed by atoms with Gasteiger partial charge in [-0.15, -0.1) is 0 Å². The van der Waals surface area contributed by atoms with Crippen molar-refractivity contribution in [2.45, 2.75) is 110 Å². The van der Waals surface area contributed by atoms with Gasteiger partial charge in [-0.05, 0) is 123 Å². The van der Waals surface area contributed by atoms with Gasteiger partial charge >= 0.3 is 0 Å². The second-order valence-corrected chi connectivity index (χ2v) is 13.5. The van der Waals surface area contributed by atoms with Crippen molar-refractivity contribution >= 4 is 0 Å². The first kappa shape index (κ1) is 33.4. The zero-order valence-corrected chi connectivity index (χ0v) is 27.3. The van der Waals surface area contributed by atoms with Crippen LogP contribution >= 0.6 is 0 Å². The molecule has 45 heavy (non-hydrogen) atoms. The van der Waals surface area contributed by atoms with E-state index in [-0.39, 0.29) is 17.1 Å². The predicted octanol–water partition coefficient (Wildman–Crippen LogP) is 12.8. The molecule has 242 valence electrons. The summed E-state index contributed by atoms with van der Waals surface area (Å²) in [5.41, 5.74) is 3.06. The Bertz CT molecular complexity index is 1380. The highest BCUT2D eigenvalue weighted by Crippen LogP contribution is 2.44. The van der Waals surface area contributed by atoms with Crippen LogP contribution in [0.15, 0.2) is 66.7 Å². The Morgan fingerprint density at radius 1 is 0.667 bits per heavy atom. The second-order valence-electron chi connectivity index (χ2n) is 13.5. The van der Waals surface area contributed by atoms with E-state index >= 15 is 8.78 Å². The average molecular weight is 617 g/mol. The summed E-state index contributed by atoms with van der Waals surface area (Å²) in [4.78, 5) is 0. The van der Waals surface area contributed by atoms with Gasteiger partial charge in [0, 0.05) is 11.1 Å². The van der Waals surface area contributed by atoms with Crippen LogP contribution in [0, 0.1) is 35.2 Å². The van der Waals surface area contributed by atoms with Gasteiger partial charge in [0.05, 0.1) is 6.61 Å². The summed E-state index contributed by atoms with van der Waals surface area (Å²) in [5.74, 6) is 0.712. The summed E-state index contributed by atoms with van der Waals surface area (Å²) in [7, 11) is 0. The molecule has 0 heterocycles. The Hall–Kier alpha value is -3.01. The lowest BCUT2D eigenvalue weighted by Crippen LogP contribution is -2.25. The molecule has 3 aromatic carbocycles. The molecule has 2 saturated carbocycles. The Kier molecular flexibility index (Phi) is 12.2. The smallest absolute Gasteiger partial charge is 0.201 e. The molecule has 2 aliphatic carbocycles. The third kappa shape index (κ3) is 8.63. The molecule has 5 rings (SSSR count). The Labute approximate surface area is 269 Å². The monoisotopic (exact) mass is 616 g/mol. The van der Waals surface area contributed by atoms with E-state index < -0.39 is 11.6 Å². The minimum absolute atomic E-state index is 0.0516. The Morgan fingerprint density at radius 2 is 1.27 bits per heavy atom. The lowest BCUT2D eigenvalue weighted by molar-refractivity contribution is 0.171. The molecule has 0 bridgehead atoms. The van der Waals surface area contributed by atoms with Crippen molar-refractivity contribution in [1.82, 2.24) is 0 Å². The molecule has 0 spiro atoms. The summed E-state index contributed by atoms with van der Waals surface area (Å²) >= 11 is 0. The van der Waals surface area contributed by atoms with Gasteiger partial charge in [-0.1, -0.05) is 87.6 Å². The highest BCUT2D eigenvalue weighted by Gasteiger charge is 2.31. The van der Waals surface area contributed by atoms with Crippen LogP contribution in [0.3, 0.4) is 0 Å². The highest BCUT2D eigenvalue weighted by molar-refractivity contribution is 5.71. The van der Waals surface area contributed by atoms with Gasteiger partial charge in [-0.25, -0.2) is 8.78 Å². The fraction of sp³-hybridized carbons (Fsp3) is 0.512. The minimum atomic E-state index is -0.963. The summed E-state index contributed by atoms with van der Waals surface area (Å²) < 4.78 is 50.8. The minimum Gasteiger partial charge on any atom is -0.490 e. The zero-order valence-electron chi connectivity index (χ0n) is 27.3. The van der Waals surface area contributed by atoms with E-state index in [1.807, 2.05) is 6.07 Å². The molecule has 0 aliphatic heterocycles. The first-order chi connectivity index (χ1) is 22.0. The van der Waals surface area contributed by atoms with Crippen LogP contribution in [0.1, 0.15) is 115 Å². The molecule has 0 amide bonds. The lowest BCUT2D eigenvalue weighted by atomic mass is 9.68. The number of hydrogen-bond donors (Lipinski definition) is 0. The largest absolute Gasteiger partial charge is 0.490 e. The fourth-order valence-corrected chi connectivity index (χ4v) is 7.78. The number of rotatable bonds is 13. The number of ether oxygens (including phenoxy) is 1. The molecular weight excluding hydrogens is 565 g/mol. The third-order valence-corrected chi connectivity index (χ3v) is 10.5. The maximum absolute atomic E-state index is 15.4. The molecule has 0 N–H and O–H groups in total. The fourth-order valence-electron chi connectivity index (χ4n) is 7.78. The van der Waals surface area contributed by atoms with Gasteiger partial charge < -0.3 is 4.74 Å². The van der Waals surface area contributed by atoms with Crippen LogP contribution in [-0.2, 0) is 0 Å². The van der Waals surface area contributed by atoms with Crippen molar-refractivity contribution in [3.63, 3.8) is 0 Å². The number of benzene rings is 3. The SMILES string of the molecule is C/C=C/C1CCC(C2CCC(c3ccc(-c4ccc(-c5ccc(OCCCCCCCC)c(F)c5F)cc4)c(F)c3)CC2)CC1. The van der Waals surface area contributed by atoms with Gasteiger partial charge in [-0.2, -0.15) is 4.39 Å². The molecular formula is C41H51F3O. The van der Waals surface area contributed by atoms with Crippen LogP contribution in [-0.4, -0.2) is 6.61 Å². The summed E-state index contributed by atoms with van der Waals surface area (Å²) in [6, 6.07) is 15.8. The van der Waals surface area contributed by atoms with Gasteiger partial charge in [0.1, 0.15) is 5.82 Å². The van der Waals surface area contributed by atoms with Gasteiger partial charge in [0.25, 0.3) is 0 Å². The maximum Gasteiger partial charge on any atom is 0.201 e. The van der Waals surface area contributed by atoms with Gasteiger partial charge in [-0.3, -0.25) is 0 Å². The number of halogens is 3. The van der Waals surface area contributed by atoms with Crippen LogP contribution in [0.5, 0.6) is 5.75 Å². The van der Waals surface area contributed by atoms with Crippen molar-refractivity contribution in [2.24, 2.45) is 17.8 Å². The Balaban J connectivity index is 1.15. The van der Waals surface area contributed by atoms with E-state index in [2.05, 4.69) is 32.1 Å². The highest BCUT2D eigenvalue weighted by atomic mass is 19.2. The normalized spacial score (nSPS) is 22.2. The quantitative estimate of drug-likeness (QED) is 0.137. The molecule has 4 heteroatoms. The van der Waals surface area contributed by atoms with Crippen molar-refractivity contribution in [3.05, 3.63) is 89.8 Å². The average Bonchev–Trinajstić information content (AvgIpc) is 3.07. The lowest BCUT2D eigenvalue weighted by Gasteiger charge is -2.37. The van der Waals surface area contributed by atoms with Crippen LogP contribution in [0.25, 0.3) is 22.3 Å². The molecule has 0 unspecified atom stereocenters. The molecule has 0 radical (unpaired) electrons. The third-order valence-electron chi connectivity index (χ3n) is 10.5. The van der Waals surface area contributed by atoms with Crippen molar-refractivity contribution in [3.8, 4) is 28.0 Å². The van der Waals surface area contributed by atoms with E-state index in [4.69, 9.17) is 4.74 Å². The van der Waals surface area contributed by atoms with E-state index in [1.54, 1.807) is 36.4 Å². The predicted molar refractivity (Wildman–Crippen MR) is 181 cm³/mol. The summed E-state index contributed by atoms with van der Waals surface area (Å²) in [5, 5.41) is 0. The topological polar surface area (TPSA) is 9.23 Å². The molecule has 3 aromatic rings. The Morgan fingerprint density at radius 3 is 1.91 bits per heavy atom. The molecule has 2 fully saturated rings. The van der Waals surface area contributed by atoms with Crippen molar-refractivity contribution < 1.29 is 17.9 Å². The summed E-state index contributed by atoms with van der Waals surface area (Å²) in [6.45, 7) is 4.68. The molecule has 2 aliphatic rings. The molecule has 0 atom stereocenters. The number of unbranched alkanes of at least 4 members (excludes halogenated alkanes) is 5. The molecule has 0 aromatic heterocycles. The number of hydrogen-bond acceptors (Lipinski definition) is 1. The zero-order chi connectivity index (χ0) is 31.6. The van der Waals surface area contributed by atoms with Crippen LogP contribution in [0.4, 0.5) is 13.2 Å². The van der Waals surface area contributed by atoms with Crippen molar-refractivity contribution in [1.29, 1.82) is 0 Å². The van der Waals surface area contributed by atoms with E-state index in [0.29, 0.717) is 23.7 Å². The standard InChI is InChI=1S/C41H51F3O/c1-3-5-6-7-8-9-27-45-39-26-25-37(40(43)41(39)44)34-21-19-33(20-22-34)36-24-23-35(28-38(36)42)32-17-15-31(16-18-32)30-13-11-29(10-4-2)12-14-30/h4,10,19-26,28-32H,3,5-9,11-18,27H2,1-2H3/b10-4+. The van der Waals surface area contributed by atoms with Crippen LogP contribution < -0.4 is 4.74 Å². The van der Waals surface area contributed by atoms with Gasteiger partial charge in [0.15, 0.2) is 11.6 Å².